The molecule has 2 aromatic rings. The summed E-state index contributed by atoms with van der Waals surface area (Å²) in [6.07, 6.45) is 0. The number of benzene rings is 1. The molecule has 2 rings (SSSR count). The van der Waals surface area contributed by atoms with E-state index in [-0.39, 0.29) is 11.5 Å². The highest BCUT2D eigenvalue weighted by molar-refractivity contribution is 9.10. The zero-order valence-electron chi connectivity index (χ0n) is 9.87. The monoisotopic (exact) mass is 311 g/mol. The minimum Gasteiger partial charge on any atom is -0.477 e. The number of aromatic carboxylic acids is 1. The van der Waals surface area contributed by atoms with Gasteiger partial charge in [0.25, 0.3) is 0 Å². The van der Waals surface area contributed by atoms with Crippen molar-refractivity contribution in [3.63, 3.8) is 0 Å². The number of carboxylic acid groups (broad SMARTS) is 1. The van der Waals surface area contributed by atoms with Gasteiger partial charge >= 0.3 is 5.97 Å². The highest BCUT2D eigenvalue weighted by Crippen LogP contribution is 2.29. The second kappa shape index (κ2) is 4.57. The maximum Gasteiger partial charge on any atom is 0.352 e. The maximum absolute atomic E-state index is 13.4. The molecule has 3 nitrogen and oxygen atoms in total. The van der Waals surface area contributed by atoms with Crippen LogP contribution >= 0.6 is 15.9 Å². The molecule has 0 radical (unpaired) electrons. The quantitative estimate of drug-likeness (QED) is 0.920. The molecule has 1 aromatic heterocycles. The van der Waals surface area contributed by atoms with Gasteiger partial charge in [0.05, 0.1) is 4.47 Å². The van der Waals surface area contributed by atoms with Crippen LogP contribution in [0.3, 0.4) is 0 Å². The van der Waals surface area contributed by atoms with E-state index in [0.717, 1.165) is 16.8 Å². The van der Waals surface area contributed by atoms with Crippen LogP contribution < -0.4 is 0 Å². The smallest absolute Gasteiger partial charge is 0.352 e. The fourth-order valence-electron chi connectivity index (χ4n) is 1.92. The van der Waals surface area contributed by atoms with Crippen molar-refractivity contribution >= 4 is 21.9 Å². The lowest BCUT2D eigenvalue weighted by molar-refractivity contribution is 0.0687. The van der Waals surface area contributed by atoms with Gasteiger partial charge < -0.3 is 9.67 Å². The third-order valence-corrected chi connectivity index (χ3v) is 3.49. The van der Waals surface area contributed by atoms with Crippen LogP contribution in [-0.2, 0) is 7.05 Å². The van der Waals surface area contributed by atoms with E-state index in [1.54, 1.807) is 30.7 Å². The van der Waals surface area contributed by atoms with Crippen LogP contribution in [0.4, 0.5) is 4.39 Å². The number of rotatable bonds is 2. The Morgan fingerprint density at radius 2 is 2.06 bits per heavy atom. The first-order valence-corrected chi connectivity index (χ1v) is 6.06. The van der Waals surface area contributed by atoms with Gasteiger partial charge in [-0.05, 0) is 52.7 Å². The maximum atomic E-state index is 13.4. The fraction of sp³-hybridized carbons (Fsp3) is 0.154. The standard InChI is InChI=1S/C13H11BrFNO2/c1-7-5-10(15)9(14)6-8(7)11-3-4-12(13(17)18)16(11)2/h3-6H,1-2H3,(H,17,18). The van der Waals surface area contributed by atoms with Crippen LogP contribution in [0.2, 0.25) is 0 Å². The predicted molar refractivity (Wildman–Crippen MR) is 70.2 cm³/mol. The number of hydrogen-bond donors (Lipinski definition) is 1. The Balaban J connectivity index is 2.63. The third kappa shape index (κ3) is 2.06. The summed E-state index contributed by atoms with van der Waals surface area (Å²) in [5.41, 5.74) is 2.50. The molecule has 1 N–H and O–H groups in total. The minimum absolute atomic E-state index is 0.199. The fourth-order valence-corrected chi connectivity index (χ4v) is 2.26. The summed E-state index contributed by atoms with van der Waals surface area (Å²) in [5.74, 6) is -1.31. The molecule has 0 aliphatic carbocycles. The highest BCUT2D eigenvalue weighted by atomic mass is 79.9. The van der Waals surface area contributed by atoms with Gasteiger partial charge in [-0.25, -0.2) is 9.18 Å². The van der Waals surface area contributed by atoms with Crippen molar-refractivity contribution in [1.82, 2.24) is 4.57 Å². The van der Waals surface area contributed by atoms with E-state index in [1.807, 2.05) is 0 Å². The van der Waals surface area contributed by atoms with Crippen molar-refractivity contribution in [2.75, 3.05) is 0 Å². The Kier molecular flexibility index (Phi) is 3.26. The third-order valence-electron chi connectivity index (χ3n) is 2.88. The minimum atomic E-state index is -0.984. The first-order valence-electron chi connectivity index (χ1n) is 5.27. The van der Waals surface area contributed by atoms with Crippen molar-refractivity contribution in [1.29, 1.82) is 0 Å². The van der Waals surface area contributed by atoms with E-state index in [2.05, 4.69) is 15.9 Å². The van der Waals surface area contributed by atoms with Crippen LogP contribution in [-0.4, -0.2) is 15.6 Å². The zero-order chi connectivity index (χ0) is 13.4. The van der Waals surface area contributed by atoms with Gasteiger partial charge in [0.1, 0.15) is 11.5 Å². The lowest BCUT2D eigenvalue weighted by atomic mass is 10.1. The Bertz CT molecular complexity index is 634. The average Bonchev–Trinajstić information content (AvgIpc) is 2.66. The molecular formula is C13H11BrFNO2. The van der Waals surface area contributed by atoms with Gasteiger partial charge in [0, 0.05) is 18.3 Å². The number of halogens is 2. The number of carboxylic acids is 1. The van der Waals surface area contributed by atoms with Gasteiger partial charge in [-0.1, -0.05) is 0 Å². The van der Waals surface area contributed by atoms with Gasteiger partial charge in [-0.2, -0.15) is 0 Å². The first kappa shape index (κ1) is 12.8. The molecule has 0 saturated heterocycles. The average molecular weight is 312 g/mol. The van der Waals surface area contributed by atoms with Crippen molar-refractivity contribution in [3.05, 3.63) is 45.8 Å². The van der Waals surface area contributed by atoms with E-state index >= 15 is 0 Å². The number of aromatic nitrogens is 1. The molecule has 18 heavy (non-hydrogen) atoms. The predicted octanol–water partition coefficient (Wildman–Crippen LogP) is 3.60. The van der Waals surface area contributed by atoms with Crippen molar-refractivity contribution in [2.24, 2.45) is 7.05 Å². The first-order chi connectivity index (χ1) is 8.41. The molecule has 0 spiro atoms. The molecule has 0 bridgehead atoms. The second-order valence-electron chi connectivity index (χ2n) is 4.05. The van der Waals surface area contributed by atoms with E-state index in [0.29, 0.717) is 4.47 Å². The number of hydrogen-bond acceptors (Lipinski definition) is 1. The van der Waals surface area contributed by atoms with Gasteiger partial charge in [0.2, 0.25) is 0 Å². The Morgan fingerprint density at radius 3 is 2.61 bits per heavy atom. The Hall–Kier alpha value is -1.62. The molecule has 94 valence electrons. The van der Waals surface area contributed by atoms with E-state index in [4.69, 9.17) is 5.11 Å². The van der Waals surface area contributed by atoms with Crippen LogP contribution in [0.15, 0.2) is 28.7 Å². The molecule has 0 amide bonds. The van der Waals surface area contributed by atoms with Crippen molar-refractivity contribution in [2.45, 2.75) is 6.92 Å². The number of aryl methyl sites for hydroxylation is 1. The number of carbonyl (C=O) groups is 1. The van der Waals surface area contributed by atoms with E-state index < -0.39 is 5.97 Å². The SMILES string of the molecule is Cc1cc(F)c(Br)cc1-c1ccc(C(=O)O)n1C. The van der Waals surface area contributed by atoms with Crippen LogP contribution in [0.25, 0.3) is 11.3 Å². The second-order valence-corrected chi connectivity index (χ2v) is 4.90. The summed E-state index contributed by atoms with van der Waals surface area (Å²) in [5, 5.41) is 9.00. The largest absolute Gasteiger partial charge is 0.477 e. The molecule has 0 aliphatic heterocycles. The Morgan fingerprint density at radius 1 is 1.39 bits per heavy atom. The molecular weight excluding hydrogens is 301 g/mol. The van der Waals surface area contributed by atoms with Crippen LogP contribution in [0, 0.1) is 12.7 Å². The summed E-state index contributed by atoms with van der Waals surface area (Å²) >= 11 is 3.14. The summed E-state index contributed by atoms with van der Waals surface area (Å²) in [7, 11) is 1.68. The lowest BCUT2D eigenvalue weighted by Gasteiger charge is -2.10. The van der Waals surface area contributed by atoms with Crippen molar-refractivity contribution < 1.29 is 14.3 Å². The summed E-state index contributed by atoms with van der Waals surface area (Å²) in [6, 6.07) is 6.34. The van der Waals surface area contributed by atoms with E-state index in [9.17, 15) is 9.18 Å². The molecule has 0 fully saturated rings. The summed E-state index contributed by atoms with van der Waals surface area (Å²) in [6.45, 7) is 1.79. The molecule has 0 saturated carbocycles. The Labute approximate surface area is 112 Å². The van der Waals surface area contributed by atoms with Crippen LogP contribution in [0.5, 0.6) is 0 Å². The molecule has 0 unspecified atom stereocenters. The molecule has 0 atom stereocenters. The zero-order valence-corrected chi connectivity index (χ0v) is 11.5. The highest BCUT2D eigenvalue weighted by Gasteiger charge is 2.15. The summed E-state index contributed by atoms with van der Waals surface area (Å²) in [4.78, 5) is 11.0. The van der Waals surface area contributed by atoms with Crippen LogP contribution in [0.1, 0.15) is 16.1 Å². The lowest BCUT2D eigenvalue weighted by Crippen LogP contribution is -2.05. The van der Waals surface area contributed by atoms with E-state index in [1.165, 1.54) is 12.1 Å². The normalized spacial score (nSPS) is 10.7. The van der Waals surface area contributed by atoms with Gasteiger partial charge in [0.15, 0.2) is 0 Å². The molecule has 1 heterocycles. The van der Waals surface area contributed by atoms with Crippen molar-refractivity contribution in [3.8, 4) is 11.3 Å². The topological polar surface area (TPSA) is 42.2 Å². The van der Waals surface area contributed by atoms with Gasteiger partial charge in [-0.3, -0.25) is 0 Å². The summed E-state index contributed by atoms with van der Waals surface area (Å²) < 4.78 is 15.3. The number of nitrogens with zero attached hydrogens (tertiary/aromatic N) is 1. The molecule has 1 aromatic carbocycles. The molecule has 5 heteroatoms. The van der Waals surface area contributed by atoms with Gasteiger partial charge in [-0.15, -0.1) is 0 Å². The molecule has 0 aliphatic rings.